The van der Waals surface area contributed by atoms with E-state index in [1.54, 1.807) is 0 Å². The number of hydrogen-bond donors (Lipinski definition) is 2. The maximum absolute atomic E-state index is 12.5. The van der Waals surface area contributed by atoms with Gasteiger partial charge in [-0.2, -0.15) is 13.2 Å². The maximum Gasteiger partial charge on any atom is 0.501 e. The molecule has 2 rings (SSSR count). The van der Waals surface area contributed by atoms with Crippen LogP contribution < -0.4 is 10.0 Å². The molecule has 0 fully saturated rings. The lowest BCUT2D eigenvalue weighted by Crippen LogP contribution is -2.25. The molecule has 1 amide bonds. The first kappa shape index (κ1) is 23.6. The van der Waals surface area contributed by atoms with Crippen LogP contribution in [0, 0.1) is 0 Å². The maximum atomic E-state index is 12.5. The van der Waals surface area contributed by atoms with Gasteiger partial charge in [0.25, 0.3) is 15.7 Å². The second kappa shape index (κ2) is 8.98. The van der Waals surface area contributed by atoms with Crippen LogP contribution >= 0.6 is 0 Å². The molecule has 0 atom stereocenters. The minimum absolute atomic E-state index is 0.0589. The summed E-state index contributed by atoms with van der Waals surface area (Å²) in [4.78, 5) is 11.2. The molecule has 0 aliphatic rings. The van der Waals surface area contributed by atoms with Gasteiger partial charge in [-0.1, -0.05) is 18.2 Å². The zero-order valence-corrected chi connectivity index (χ0v) is 16.9. The van der Waals surface area contributed by atoms with Crippen molar-refractivity contribution in [3.05, 3.63) is 72.3 Å². The number of alkyl halides is 3. The highest BCUT2D eigenvalue weighted by atomic mass is 32.2. The van der Waals surface area contributed by atoms with Gasteiger partial charge in [0, 0.05) is 17.8 Å². The molecule has 2 N–H and O–H groups in total. The van der Waals surface area contributed by atoms with Crippen molar-refractivity contribution in [3.8, 4) is 0 Å². The molecule has 0 heterocycles. The summed E-state index contributed by atoms with van der Waals surface area (Å²) in [6.45, 7) is 3.51. The summed E-state index contributed by atoms with van der Waals surface area (Å²) in [5.41, 5.74) is -4.72. The molecule has 0 aliphatic heterocycles. The number of halogens is 3. The van der Waals surface area contributed by atoms with Gasteiger partial charge in [-0.25, -0.2) is 21.6 Å². The van der Waals surface area contributed by atoms with Crippen LogP contribution in [-0.2, 0) is 25.6 Å². The Morgan fingerprint density at radius 2 is 1.53 bits per heavy atom. The Morgan fingerprint density at radius 1 is 0.967 bits per heavy atom. The lowest BCUT2D eigenvalue weighted by atomic mass is 10.2. The summed E-state index contributed by atoms with van der Waals surface area (Å²) in [5, 5.41) is 2.48. The topological polar surface area (TPSA) is 109 Å². The molecule has 2 aromatic carbocycles. The van der Waals surface area contributed by atoms with Crippen LogP contribution in [0.1, 0.15) is 15.9 Å². The highest BCUT2D eigenvalue weighted by Gasteiger charge is 2.46. The number of hydrogen-bond acceptors (Lipinski definition) is 5. The van der Waals surface area contributed by atoms with E-state index in [2.05, 4.69) is 16.6 Å². The lowest BCUT2D eigenvalue weighted by Gasteiger charge is -2.10. The van der Waals surface area contributed by atoms with E-state index in [4.69, 9.17) is 0 Å². The Bertz CT molecular complexity index is 1130. The predicted molar refractivity (Wildman–Crippen MR) is 105 cm³/mol. The van der Waals surface area contributed by atoms with Crippen molar-refractivity contribution in [1.82, 2.24) is 4.72 Å². The van der Waals surface area contributed by atoms with Crippen molar-refractivity contribution in [2.75, 3.05) is 11.9 Å². The Morgan fingerprint density at radius 3 is 2.03 bits per heavy atom. The van der Waals surface area contributed by atoms with Gasteiger partial charge >= 0.3 is 5.51 Å². The molecule has 0 radical (unpaired) electrons. The van der Waals surface area contributed by atoms with Gasteiger partial charge in [0.2, 0.25) is 10.0 Å². The van der Waals surface area contributed by atoms with Gasteiger partial charge in [0.05, 0.1) is 10.6 Å². The number of carbonyl (C=O) groups is 1. The first-order chi connectivity index (χ1) is 13.9. The van der Waals surface area contributed by atoms with Crippen molar-refractivity contribution in [3.63, 3.8) is 0 Å². The SMILES string of the molecule is C=CCNS(=O)(=O)Cc1ccc(NC(=O)c2ccc(S(=O)(=O)C(F)(F)F)cc2)cc1. The minimum atomic E-state index is -5.49. The molecule has 2 aromatic rings. The van der Waals surface area contributed by atoms with E-state index < -0.39 is 36.2 Å². The number of sulfone groups is 1. The van der Waals surface area contributed by atoms with Crippen LogP contribution in [0.3, 0.4) is 0 Å². The third-order valence-corrected chi connectivity index (χ3v) is 6.57. The number of sulfonamides is 1. The molecule has 162 valence electrons. The third kappa shape index (κ3) is 5.90. The molecule has 0 unspecified atom stereocenters. The van der Waals surface area contributed by atoms with Crippen LogP contribution in [-0.4, -0.2) is 34.8 Å². The number of carbonyl (C=O) groups excluding carboxylic acids is 1. The second-order valence-electron chi connectivity index (χ2n) is 6.02. The summed E-state index contributed by atoms with van der Waals surface area (Å²) < 4.78 is 86.3. The lowest BCUT2D eigenvalue weighted by molar-refractivity contribution is -0.0436. The zero-order chi connectivity index (χ0) is 22.6. The van der Waals surface area contributed by atoms with Gasteiger partial charge in [-0.15, -0.1) is 6.58 Å². The van der Waals surface area contributed by atoms with Crippen LogP contribution in [0.25, 0.3) is 0 Å². The van der Waals surface area contributed by atoms with Gasteiger partial charge in [-0.3, -0.25) is 4.79 Å². The minimum Gasteiger partial charge on any atom is -0.322 e. The second-order valence-corrected chi connectivity index (χ2v) is 9.77. The van der Waals surface area contributed by atoms with Crippen LogP contribution in [0.2, 0.25) is 0 Å². The molecule has 0 spiro atoms. The van der Waals surface area contributed by atoms with E-state index in [1.807, 2.05) is 0 Å². The summed E-state index contributed by atoms with van der Waals surface area (Å²) in [6, 6.07) is 9.20. The molecule has 0 aliphatic carbocycles. The van der Waals surface area contributed by atoms with E-state index >= 15 is 0 Å². The molecule has 0 saturated carbocycles. The van der Waals surface area contributed by atoms with Gasteiger partial charge in [-0.05, 0) is 42.0 Å². The largest absolute Gasteiger partial charge is 0.501 e. The monoisotopic (exact) mass is 462 g/mol. The molecule has 30 heavy (non-hydrogen) atoms. The van der Waals surface area contributed by atoms with Gasteiger partial charge in [0.15, 0.2) is 0 Å². The van der Waals surface area contributed by atoms with E-state index in [0.717, 1.165) is 12.1 Å². The number of amides is 1. The van der Waals surface area contributed by atoms with E-state index in [1.165, 1.54) is 30.3 Å². The molecular formula is C18H17F3N2O5S2. The summed E-state index contributed by atoms with van der Waals surface area (Å²) >= 11 is 0. The number of anilines is 1. The number of benzene rings is 2. The van der Waals surface area contributed by atoms with Crippen molar-refractivity contribution in [1.29, 1.82) is 0 Å². The fourth-order valence-electron chi connectivity index (χ4n) is 2.26. The van der Waals surface area contributed by atoms with Crippen molar-refractivity contribution < 1.29 is 34.8 Å². The normalized spacial score (nSPS) is 12.4. The van der Waals surface area contributed by atoms with Crippen molar-refractivity contribution in [2.45, 2.75) is 16.2 Å². The summed E-state index contributed by atoms with van der Waals surface area (Å²) in [7, 11) is -9.04. The molecule has 12 heteroatoms. The summed E-state index contributed by atoms with van der Waals surface area (Å²) in [6.07, 6.45) is 1.40. The smallest absolute Gasteiger partial charge is 0.322 e. The quantitative estimate of drug-likeness (QED) is 0.587. The third-order valence-electron chi connectivity index (χ3n) is 3.75. The zero-order valence-electron chi connectivity index (χ0n) is 15.3. The predicted octanol–water partition coefficient (Wildman–Crippen LogP) is 2.84. The molecule has 0 aromatic heterocycles. The average Bonchev–Trinajstić information content (AvgIpc) is 2.67. The highest BCUT2D eigenvalue weighted by molar-refractivity contribution is 7.92. The standard InChI is InChI=1S/C18H17F3N2O5S2/c1-2-11-22-29(25,26)12-13-3-7-15(8-4-13)23-17(24)14-5-9-16(10-6-14)30(27,28)18(19,20)21/h2-10,22H,1,11-12H2,(H,23,24). The molecule has 0 bridgehead atoms. The fourth-order valence-corrected chi connectivity index (χ4v) is 4.13. The Kier molecular flexibility index (Phi) is 7.06. The number of rotatable bonds is 8. The van der Waals surface area contributed by atoms with Gasteiger partial charge < -0.3 is 5.32 Å². The first-order valence-electron chi connectivity index (χ1n) is 8.26. The van der Waals surface area contributed by atoms with E-state index in [-0.39, 0.29) is 17.9 Å². The van der Waals surface area contributed by atoms with E-state index in [0.29, 0.717) is 23.4 Å². The van der Waals surface area contributed by atoms with Crippen molar-refractivity contribution in [2.24, 2.45) is 0 Å². The number of nitrogens with one attached hydrogen (secondary N) is 2. The van der Waals surface area contributed by atoms with Crippen LogP contribution in [0.5, 0.6) is 0 Å². The first-order valence-corrected chi connectivity index (χ1v) is 11.4. The van der Waals surface area contributed by atoms with Crippen LogP contribution in [0.15, 0.2) is 66.1 Å². The summed E-state index contributed by atoms with van der Waals surface area (Å²) in [5.74, 6) is -0.955. The molecule has 7 nitrogen and oxygen atoms in total. The highest BCUT2D eigenvalue weighted by Crippen LogP contribution is 2.30. The molecule has 0 saturated heterocycles. The van der Waals surface area contributed by atoms with E-state index in [9.17, 15) is 34.8 Å². The Labute approximate surface area is 171 Å². The van der Waals surface area contributed by atoms with Crippen LogP contribution in [0.4, 0.5) is 18.9 Å². The molecular weight excluding hydrogens is 445 g/mol. The Hall–Kier alpha value is -2.70. The Balaban J connectivity index is 2.07. The van der Waals surface area contributed by atoms with Gasteiger partial charge in [0.1, 0.15) is 0 Å². The average molecular weight is 462 g/mol. The van der Waals surface area contributed by atoms with Crippen molar-refractivity contribution >= 4 is 31.5 Å². The fraction of sp³-hybridized carbons (Fsp3) is 0.167.